The zero-order valence-corrected chi connectivity index (χ0v) is 9.50. The van der Waals surface area contributed by atoms with Gasteiger partial charge in [-0.1, -0.05) is 0 Å². The van der Waals surface area contributed by atoms with Gasteiger partial charge in [0.2, 0.25) is 0 Å². The lowest BCUT2D eigenvalue weighted by atomic mass is 10.2. The molecule has 0 aromatic carbocycles. The van der Waals surface area contributed by atoms with Gasteiger partial charge in [0.25, 0.3) is 0 Å². The molecule has 1 unspecified atom stereocenters. The second kappa shape index (κ2) is 10.0. The van der Waals surface area contributed by atoms with Gasteiger partial charge in [0.1, 0.15) is 0 Å². The fourth-order valence-electron chi connectivity index (χ4n) is 1.04. The van der Waals surface area contributed by atoms with Gasteiger partial charge in [0.15, 0.2) is 6.10 Å². The van der Waals surface area contributed by atoms with Crippen LogP contribution in [0.25, 0.3) is 0 Å². The lowest BCUT2D eigenvalue weighted by Crippen LogP contribution is -2.30. The third kappa shape index (κ3) is 8.61. The molecule has 7 nitrogen and oxygen atoms in total. The number of aliphatic carboxylic acids is 1. The van der Waals surface area contributed by atoms with Crippen molar-refractivity contribution >= 4 is 11.9 Å². The van der Waals surface area contributed by atoms with E-state index in [1.165, 1.54) is 0 Å². The monoisotopic (exact) mass is 250 g/mol. The van der Waals surface area contributed by atoms with Gasteiger partial charge >= 0.3 is 11.9 Å². The van der Waals surface area contributed by atoms with Crippen LogP contribution in [0.1, 0.15) is 19.3 Å². The Bertz CT molecular complexity index is 229. The summed E-state index contributed by atoms with van der Waals surface area (Å²) in [6.07, 6.45) is -0.691. The standard InChI is InChI=1S/C10H18O7/c11-3-1-2-5-17-10(15)8(7-9(13)14)16-6-4-12/h8,11-12H,1-7H2,(H,13,14). The number of hydrogen-bond donors (Lipinski definition) is 3. The zero-order chi connectivity index (χ0) is 13.1. The molecule has 17 heavy (non-hydrogen) atoms. The van der Waals surface area contributed by atoms with Gasteiger partial charge in [-0.2, -0.15) is 0 Å². The summed E-state index contributed by atoms with van der Waals surface area (Å²) in [5.74, 6) is -1.95. The van der Waals surface area contributed by atoms with E-state index in [2.05, 4.69) is 0 Å². The van der Waals surface area contributed by atoms with Crippen molar-refractivity contribution in [1.29, 1.82) is 0 Å². The van der Waals surface area contributed by atoms with Gasteiger partial charge in [0.05, 0.1) is 26.2 Å². The average Bonchev–Trinajstić information content (AvgIpc) is 2.29. The van der Waals surface area contributed by atoms with E-state index in [9.17, 15) is 9.59 Å². The van der Waals surface area contributed by atoms with Crippen LogP contribution in [0, 0.1) is 0 Å². The molecule has 0 rings (SSSR count). The quantitative estimate of drug-likeness (QED) is 0.342. The molecule has 0 radical (unpaired) electrons. The van der Waals surface area contributed by atoms with E-state index < -0.39 is 24.5 Å². The smallest absolute Gasteiger partial charge is 0.335 e. The number of carbonyl (C=O) groups is 2. The number of hydrogen-bond acceptors (Lipinski definition) is 6. The van der Waals surface area contributed by atoms with Crippen molar-refractivity contribution in [2.24, 2.45) is 0 Å². The number of aliphatic hydroxyl groups excluding tert-OH is 2. The van der Waals surface area contributed by atoms with Gasteiger partial charge in [-0.15, -0.1) is 0 Å². The molecule has 0 amide bonds. The fourth-order valence-corrected chi connectivity index (χ4v) is 1.04. The Morgan fingerprint density at radius 3 is 2.29 bits per heavy atom. The summed E-state index contributed by atoms with van der Waals surface area (Å²) in [6, 6.07) is 0. The molecular formula is C10H18O7. The Hall–Kier alpha value is -1.18. The first-order valence-corrected chi connectivity index (χ1v) is 5.33. The lowest BCUT2D eigenvalue weighted by molar-refractivity contribution is -0.163. The lowest BCUT2D eigenvalue weighted by Gasteiger charge is -2.14. The molecule has 0 aliphatic carbocycles. The Balaban J connectivity index is 3.98. The van der Waals surface area contributed by atoms with E-state index in [4.69, 9.17) is 24.8 Å². The molecule has 0 heterocycles. The van der Waals surface area contributed by atoms with Gasteiger partial charge in [0, 0.05) is 6.61 Å². The summed E-state index contributed by atoms with van der Waals surface area (Å²) in [6.45, 7) is -0.299. The summed E-state index contributed by atoms with van der Waals surface area (Å²) < 4.78 is 9.65. The van der Waals surface area contributed by atoms with E-state index in [1.807, 2.05) is 0 Å². The van der Waals surface area contributed by atoms with E-state index in [-0.39, 0.29) is 26.4 Å². The molecule has 0 aromatic heterocycles. The number of unbranched alkanes of at least 4 members (excludes halogenated alkanes) is 1. The van der Waals surface area contributed by atoms with Crippen molar-refractivity contribution in [2.75, 3.05) is 26.4 Å². The molecule has 0 aliphatic heterocycles. The minimum absolute atomic E-state index is 0.0110. The van der Waals surface area contributed by atoms with Crippen molar-refractivity contribution in [3.63, 3.8) is 0 Å². The maximum Gasteiger partial charge on any atom is 0.335 e. The molecule has 0 saturated carbocycles. The Kier molecular flexibility index (Phi) is 9.31. The average molecular weight is 250 g/mol. The molecule has 1 atom stereocenters. The van der Waals surface area contributed by atoms with Crippen molar-refractivity contribution in [3.05, 3.63) is 0 Å². The SMILES string of the molecule is O=C(O)CC(OCCO)C(=O)OCCCCO. The van der Waals surface area contributed by atoms with Crippen LogP contribution in [0.5, 0.6) is 0 Å². The number of carboxylic acid groups (broad SMARTS) is 1. The first-order valence-electron chi connectivity index (χ1n) is 5.33. The fraction of sp³-hybridized carbons (Fsp3) is 0.800. The molecule has 0 aliphatic rings. The molecule has 0 spiro atoms. The van der Waals surface area contributed by atoms with E-state index in [1.54, 1.807) is 0 Å². The predicted molar refractivity (Wildman–Crippen MR) is 56.4 cm³/mol. The molecule has 0 aromatic rings. The highest BCUT2D eigenvalue weighted by molar-refractivity contribution is 5.81. The molecule has 7 heteroatoms. The first kappa shape index (κ1) is 15.8. The number of carbonyl (C=O) groups excluding carboxylic acids is 1. The summed E-state index contributed by atoms with van der Waals surface area (Å²) in [4.78, 5) is 21.9. The highest BCUT2D eigenvalue weighted by Gasteiger charge is 2.23. The second-order valence-corrected chi connectivity index (χ2v) is 3.28. The molecular weight excluding hydrogens is 232 g/mol. The minimum atomic E-state index is -1.20. The maximum absolute atomic E-state index is 11.4. The van der Waals surface area contributed by atoms with Crippen molar-refractivity contribution in [2.45, 2.75) is 25.4 Å². The Morgan fingerprint density at radius 2 is 1.76 bits per heavy atom. The number of aliphatic hydroxyl groups is 2. The van der Waals surface area contributed by atoms with Crippen LogP contribution < -0.4 is 0 Å². The molecule has 100 valence electrons. The van der Waals surface area contributed by atoms with Crippen LogP contribution in [0.2, 0.25) is 0 Å². The van der Waals surface area contributed by atoms with E-state index in [0.717, 1.165) is 0 Å². The minimum Gasteiger partial charge on any atom is -0.481 e. The third-order valence-corrected chi connectivity index (χ3v) is 1.83. The first-order chi connectivity index (χ1) is 8.11. The summed E-state index contributed by atoms with van der Waals surface area (Å²) in [5.41, 5.74) is 0. The van der Waals surface area contributed by atoms with Crippen molar-refractivity contribution in [3.8, 4) is 0 Å². The highest BCUT2D eigenvalue weighted by Crippen LogP contribution is 2.03. The molecule has 0 saturated heterocycles. The summed E-state index contributed by atoms with van der Waals surface area (Å²) in [7, 11) is 0. The summed E-state index contributed by atoms with van der Waals surface area (Å²) in [5, 5.41) is 25.6. The largest absolute Gasteiger partial charge is 0.481 e. The molecule has 0 bridgehead atoms. The number of rotatable bonds is 10. The van der Waals surface area contributed by atoms with Crippen LogP contribution in [0.4, 0.5) is 0 Å². The van der Waals surface area contributed by atoms with Crippen LogP contribution in [-0.2, 0) is 19.1 Å². The number of ether oxygens (including phenoxy) is 2. The third-order valence-electron chi connectivity index (χ3n) is 1.83. The van der Waals surface area contributed by atoms with Gasteiger partial charge in [-0.05, 0) is 12.8 Å². The zero-order valence-electron chi connectivity index (χ0n) is 9.50. The Labute approximate surface area is 99.0 Å². The van der Waals surface area contributed by atoms with Gasteiger partial charge in [-0.25, -0.2) is 4.79 Å². The summed E-state index contributed by atoms with van der Waals surface area (Å²) >= 11 is 0. The number of esters is 1. The van der Waals surface area contributed by atoms with Crippen LogP contribution in [-0.4, -0.2) is 59.8 Å². The Morgan fingerprint density at radius 1 is 1.06 bits per heavy atom. The van der Waals surface area contributed by atoms with Gasteiger partial charge in [-0.3, -0.25) is 4.79 Å². The predicted octanol–water partition coefficient (Wildman–Crippen LogP) is -0.846. The molecule has 0 fully saturated rings. The van der Waals surface area contributed by atoms with Gasteiger partial charge < -0.3 is 24.8 Å². The topological polar surface area (TPSA) is 113 Å². The van der Waals surface area contributed by atoms with E-state index in [0.29, 0.717) is 12.8 Å². The molecule has 3 N–H and O–H groups in total. The second-order valence-electron chi connectivity index (χ2n) is 3.28. The van der Waals surface area contributed by atoms with Crippen LogP contribution in [0.3, 0.4) is 0 Å². The van der Waals surface area contributed by atoms with Crippen LogP contribution >= 0.6 is 0 Å². The maximum atomic E-state index is 11.4. The van der Waals surface area contributed by atoms with Crippen LogP contribution in [0.15, 0.2) is 0 Å². The van der Waals surface area contributed by atoms with Crippen molar-refractivity contribution in [1.82, 2.24) is 0 Å². The van der Waals surface area contributed by atoms with E-state index >= 15 is 0 Å². The highest BCUT2D eigenvalue weighted by atomic mass is 16.6. The van der Waals surface area contributed by atoms with Crippen molar-refractivity contribution < 1.29 is 34.4 Å². The number of carboxylic acids is 1. The normalized spacial score (nSPS) is 12.1.